The molecule has 5 aromatic rings. The van der Waals surface area contributed by atoms with Crippen molar-refractivity contribution in [1.29, 1.82) is 0 Å². The van der Waals surface area contributed by atoms with Gasteiger partial charge in [0, 0.05) is 34.9 Å². The van der Waals surface area contributed by atoms with Crippen LogP contribution in [0.5, 0.6) is 0 Å². The van der Waals surface area contributed by atoms with Crippen LogP contribution < -0.4 is 4.90 Å². The third kappa shape index (κ3) is 4.65. The quantitative estimate of drug-likeness (QED) is 0.206. The largest absolute Gasteiger partial charge is 0.345 e. The molecule has 0 saturated heterocycles. The first-order valence-electron chi connectivity index (χ1n) is 13.6. The summed E-state index contributed by atoms with van der Waals surface area (Å²) in [5, 5.41) is 2.74. The molecule has 1 aromatic heterocycles. The lowest BCUT2D eigenvalue weighted by molar-refractivity contribution is 0.665. The molecule has 1 unspecified atom stereocenters. The van der Waals surface area contributed by atoms with E-state index in [9.17, 15) is 0 Å². The van der Waals surface area contributed by atoms with Crippen LogP contribution in [0.1, 0.15) is 63.5 Å². The zero-order valence-electron chi connectivity index (χ0n) is 22.2. The van der Waals surface area contributed by atoms with Crippen molar-refractivity contribution in [2.75, 3.05) is 11.9 Å². The Morgan fingerprint density at radius 2 is 1.39 bits per heavy atom. The summed E-state index contributed by atoms with van der Waals surface area (Å²) in [7, 11) is 2.13. The van der Waals surface area contributed by atoms with E-state index in [0.717, 1.165) is 6.42 Å². The molecule has 184 valence electrons. The first kappa shape index (κ1) is 24.2. The van der Waals surface area contributed by atoms with Gasteiger partial charge < -0.3 is 9.47 Å². The lowest BCUT2D eigenvalue weighted by Crippen LogP contribution is -2.09. The van der Waals surface area contributed by atoms with Crippen molar-refractivity contribution >= 4 is 33.2 Å². The SMILES string of the molecule is CCCCc1ccc2c(c1)c1cc(C(C)CCC)ccc1n2-c1ccc(N(C)c2ccccc2)cc1. The Morgan fingerprint density at radius 3 is 2.08 bits per heavy atom. The van der Waals surface area contributed by atoms with Crippen molar-refractivity contribution in [2.45, 2.75) is 58.8 Å². The molecule has 0 saturated carbocycles. The monoisotopic (exact) mass is 474 g/mol. The molecule has 0 aliphatic rings. The number of unbranched alkanes of at least 4 members (excludes halogenated alkanes) is 1. The highest BCUT2D eigenvalue weighted by Gasteiger charge is 2.15. The molecular formula is C34H38N2. The molecule has 36 heavy (non-hydrogen) atoms. The van der Waals surface area contributed by atoms with Gasteiger partial charge in [0.1, 0.15) is 0 Å². The van der Waals surface area contributed by atoms with Crippen LogP contribution >= 0.6 is 0 Å². The van der Waals surface area contributed by atoms with Gasteiger partial charge in [-0.05, 0) is 97.0 Å². The van der Waals surface area contributed by atoms with E-state index in [-0.39, 0.29) is 0 Å². The van der Waals surface area contributed by atoms with Gasteiger partial charge in [0.15, 0.2) is 0 Å². The Hall–Kier alpha value is -3.52. The van der Waals surface area contributed by atoms with E-state index in [4.69, 9.17) is 0 Å². The van der Waals surface area contributed by atoms with Gasteiger partial charge in [-0.3, -0.25) is 0 Å². The molecule has 0 bridgehead atoms. The second-order valence-electron chi connectivity index (χ2n) is 10.2. The summed E-state index contributed by atoms with van der Waals surface area (Å²) in [4.78, 5) is 2.23. The minimum Gasteiger partial charge on any atom is -0.345 e. The fourth-order valence-corrected chi connectivity index (χ4v) is 5.43. The van der Waals surface area contributed by atoms with Crippen LogP contribution in [0, 0.1) is 0 Å². The number of benzene rings is 4. The Kier molecular flexibility index (Phi) is 7.13. The minimum absolute atomic E-state index is 0.578. The predicted octanol–water partition coefficient (Wildman–Crippen LogP) is 9.80. The molecule has 0 aliphatic heterocycles. The maximum Gasteiger partial charge on any atom is 0.0541 e. The maximum atomic E-state index is 2.45. The van der Waals surface area contributed by atoms with Gasteiger partial charge in [0.25, 0.3) is 0 Å². The van der Waals surface area contributed by atoms with E-state index < -0.39 is 0 Å². The fraction of sp³-hybridized carbons (Fsp3) is 0.294. The summed E-state index contributed by atoms with van der Waals surface area (Å²) >= 11 is 0. The smallest absolute Gasteiger partial charge is 0.0541 e. The Labute approximate surface area is 216 Å². The van der Waals surface area contributed by atoms with Gasteiger partial charge in [0.05, 0.1) is 11.0 Å². The molecule has 0 spiro atoms. The number of aryl methyl sites for hydroxylation is 1. The Balaban J connectivity index is 1.62. The van der Waals surface area contributed by atoms with Gasteiger partial charge in [-0.1, -0.05) is 63.9 Å². The molecular weight excluding hydrogens is 436 g/mol. The standard InChI is InChI=1S/C34H38N2/c1-5-7-12-26-15-21-33-31(23-26)32-24-27(25(3)11-6-2)16-22-34(32)36(33)30-19-17-29(18-20-30)35(4)28-13-9-8-10-14-28/h8-10,13-25H,5-7,11-12H2,1-4H3. The number of hydrogen-bond acceptors (Lipinski definition) is 1. The number of nitrogens with zero attached hydrogens (tertiary/aromatic N) is 2. The van der Waals surface area contributed by atoms with Gasteiger partial charge >= 0.3 is 0 Å². The van der Waals surface area contributed by atoms with Crippen LogP contribution in [0.2, 0.25) is 0 Å². The van der Waals surface area contributed by atoms with Gasteiger partial charge in [-0.2, -0.15) is 0 Å². The van der Waals surface area contributed by atoms with Crippen molar-refractivity contribution in [3.63, 3.8) is 0 Å². The van der Waals surface area contributed by atoms with Crippen LogP contribution in [-0.4, -0.2) is 11.6 Å². The Bertz CT molecular complexity index is 1440. The number of rotatable bonds is 9. The van der Waals surface area contributed by atoms with Crippen LogP contribution in [0.25, 0.3) is 27.5 Å². The van der Waals surface area contributed by atoms with Crippen molar-refractivity contribution < 1.29 is 0 Å². The number of fused-ring (bicyclic) bond motifs is 3. The summed E-state index contributed by atoms with van der Waals surface area (Å²) in [5.41, 5.74) is 9.04. The van der Waals surface area contributed by atoms with Crippen LogP contribution in [-0.2, 0) is 6.42 Å². The van der Waals surface area contributed by atoms with E-state index in [1.807, 2.05) is 0 Å². The second-order valence-corrected chi connectivity index (χ2v) is 10.2. The van der Waals surface area contributed by atoms with E-state index in [1.54, 1.807) is 0 Å². The van der Waals surface area contributed by atoms with E-state index in [2.05, 4.69) is 128 Å². The van der Waals surface area contributed by atoms with Crippen LogP contribution in [0.4, 0.5) is 11.4 Å². The average Bonchev–Trinajstić information content (AvgIpc) is 3.25. The summed E-state index contributed by atoms with van der Waals surface area (Å²) in [6, 6.07) is 33.7. The normalized spacial score (nSPS) is 12.3. The van der Waals surface area contributed by atoms with E-state index >= 15 is 0 Å². The van der Waals surface area contributed by atoms with Crippen molar-refractivity contribution in [1.82, 2.24) is 4.57 Å². The highest BCUT2D eigenvalue weighted by Crippen LogP contribution is 2.36. The average molecular weight is 475 g/mol. The third-order valence-corrected chi connectivity index (χ3v) is 7.60. The first-order chi connectivity index (χ1) is 17.6. The zero-order valence-corrected chi connectivity index (χ0v) is 22.2. The van der Waals surface area contributed by atoms with Crippen LogP contribution in [0.15, 0.2) is 91.0 Å². The van der Waals surface area contributed by atoms with Gasteiger partial charge in [-0.15, -0.1) is 0 Å². The summed E-state index contributed by atoms with van der Waals surface area (Å²) in [6.45, 7) is 6.91. The molecule has 0 N–H and O–H groups in total. The number of para-hydroxylation sites is 1. The fourth-order valence-electron chi connectivity index (χ4n) is 5.43. The summed E-state index contributed by atoms with van der Waals surface area (Å²) in [5.74, 6) is 0.578. The van der Waals surface area contributed by atoms with Crippen LogP contribution in [0.3, 0.4) is 0 Å². The topological polar surface area (TPSA) is 8.17 Å². The number of anilines is 2. The maximum absolute atomic E-state index is 2.45. The second kappa shape index (κ2) is 10.6. The van der Waals surface area contributed by atoms with Crippen molar-refractivity contribution in [3.05, 3.63) is 102 Å². The van der Waals surface area contributed by atoms with Gasteiger partial charge in [0.2, 0.25) is 0 Å². The van der Waals surface area contributed by atoms with Gasteiger partial charge in [-0.25, -0.2) is 0 Å². The Morgan fingerprint density at radius 1 is 0.722 bits per heavy atom. The molecule has 4 aromatic carbocycles. The predicted molar refractivity (Wildman–Crippen MR) is 157 cm³/mol. The highest BCUT2D eigenvalue weighted by molar-refractivity contribution is 6.09. The first-order valence-corrected chi connectivity index (χ1v) is 13.6. The van der Waals surface area contributed by atoms with E-state index in [0.29, 0.717) is 5.92 Å². The minimum atomic E-state index is 0.578. The molecule has 5 rings (SSSR count). The third-order valence-electron chi connectivity index (χ3n) is 7.60. The molecule has 1 atom stereocenters. The lowest BCUT2D eigenvalue weighted by Gasteiger charge is -2.20. The number of hydrogen-bond donors (Lipinski definition) is 0. The summed E-state index contributed by atoms with van der Waals surface area (Å²) in [6.07, 6.45) is 6.04. The molecule has 0 radical (unpaired) electrons. The summed E-state index contributed by atoms with van der Waals surface area (Å²) < 4.78 is 2.44. The number of aromatic nitrogens is 1. The molecule has 1 heterocycles. The lowest BCUT2D eigenvalue weighted by atomic mass is 9.95. The molecule has 0 fully saturated rings. The molecule has 0 aliphatic carbocycles. The molecule has 2 heteroatoms. The van der Waals surface area contributed by atoms with Crippen molar-refractivity contribution in [3.8, 4) is 5.69 Å². The highest BCUT2D eigenvalue weighted by atomic mass is 15.1. The molecule has 0 amide bonds. The van der Waals surface area contributed by atoms with Crippen molar-refractivity contribution in [2.24, 2.45) is 0 Å². The molecule has 2 nitrogen and oxygen atoms in total. The zero-order chi connectivity index (χ0) is 25.1. The van der Waals surface area contributed by atoms with E-state index in [1.165, 1.54) is 75.7 Å².